The molecule has 0 amide bonds. The van der Waals surface area contributed by atoms with E-state index >= 15 is 0 Å². The van der Waals surface area contributed by atoms with Crippen LogP contribution in [0.15, 0.2) is 241 Å². The van der Waals surface area contributed by atoms with E-state index in [4.69, 9.17) is 19.4 Å². The van der Waals surface area contributed by atoms with E-state index in [0.29, 0.717) is 17.5 Å². The number of rotatable bonds is 6. The summed E-state index contributed by atoms with van der Waals surface area (Å²) in [6.07, 6.45) is 0. The maximum atomic E-state index is 6.78. The molecule has 0 bridgehead atoms. The van der Waals surface area contributed by atoms with Crippen molar-refractivity contribution >= 4 is 87.1 Å². The van der Waals surface area contributed by atoms with Crippen molar-refractivity contribution in [2.75, 3.05) is 0 Å². The van der Waals surface area contributed by atoms with Gasteiger partial charge in [-0.25, -0.2) is 15.0 Å². The molecule has 0 aliphatic rings. The van der Waals surface area contributed by atoms with Crippen molar-refractivity contribution in [3.63, 3.8) is 0 Å². The van der Waals surface area contributed by atoms with E-state index in [1.807, 2.05) is 18.2 Å². The number of aromatic nitrogens is 5. The average molecular weight is 906 g/mol. The molecule has 0 aliphatic heterocycles. The van der Waals surface area contributed by atoms with Crippen molar-refractivity contribution in [3.05, 3.63) is 237 Å². The zero-order valence-electron chi connectivity index (χ0n) is 38.2. The molecular weight excluding hydrogens is 867 g/mol. The van der Waals surface area contributed by atoms with Gasteiger partial charge in [0.05, 0.1) is 22.1 Å². The molecule has 0 unspecified atom stereocenters. The maximum absolute atomic E-state index is 6.78. The lowest BCUT2D eigenvalue weighted by atomic mass is 9.97. The monoisotopic (exact) mass is 905 g/mol. The molecular formula is C65H39N5O. The first kappa shape index (κ1) is 39.4. The molecule has 0 spiro atoms. The number of furan rings is 1. The molecule has 0 saturated heterocycles. The average Bonchev–Trinajstić information content (AvgIpc) is 4.09. The summed E-state index contributed by atoms with van der Waals surface area (Å²) in [6.45, 7) is 0. The minimum Gasteiger partial charge on any atom is -0.456 e. The topological polar surface area (TPSA) is 61.7 Å². The van der Waals surface area contributed by atoms with Crippen molar-refractivity contribution < 1.29 is 4.42 Å². The molecule has 0 aliphatic carbocycles. The van der Waals surface area contributed by atoms with Gasteiger partial charge in [0.25, 0.3) is 0 Å². The second kappa shape index (κ2) is 15.4. The molecule has 0 atom stereocenters. The van der Waals surface area contributed by atoms with Gasteiger partial charge in [-0.15, -0.1) is 0 Å². The number of hydrogen-bond donors (Lipinski definition) is 0. The lowest BCUT2D eigenvalue weighted by Gasteiger charge is -2.14. The van der Waals surface area contributed by atoms with E-state index in [1.54, 1.807) is 0 Å². The van der Waals surface area contributed by atoms with Gasteiger partial charge in [-0.3, -0.25) is 0 Å². The van der Waals surface area contributed by atoms with Crippen molar-refractivity contribution in [2.24, 2.45) is 0 Å². The lowest BCUT2D eigenvalue weighted by molar-refractivity contribution is 0.669. The highest BCUT2D eigenvalue weighted by atomic mass is 16.3. The van der Waals surface area contributed by atoms with Crippen molar-refractivity contribution in [3.8, 4) is 56.7 Å². The summed E-state index contributed by atoms with van der Waals surface area (Å²) in [5.74, 6) is 1.72. The quantitative estimate of drug-likeness (QED) is 0.167. The highest BCUT2D eigenvalue weighted by Gasteiger charge is 2.22. The Kier molecular flexibility index (Phi) is 8.56. The normalized spacial score (nSPS) is 11.9. The first-order chi connectivity index (χ1) is 35.2. The second-order valence-corrected chi connectivity index (χ2v) is 18.4. The van der Waals surface area contributed by atoms with Gasteiger partial charge in [0.1, 0.15) is 11.2 Å². The highest BCUT2D eigenvalue weighted by molar-refractivity contribution is 6.23. The van der Waals surface area contributed by atoms with Crippen molar-refractivity contribution in [1.29, 1.82) is 0 Å². The van der Waals surface area contributed by atoms with E-state index in [0.717, 1.165) is 99.4 Å². The number of para-hydroxylation sites is 4. The van der Waals surface area contributed by atoms with Gasteiger partial charge in [-0.1, -0.05) is 170 Å². The standard InChI is InChI=1S/C65H39N5O/c1-3-15-40(16-4-1)41-27-29-42(30-28-41)63-66-64(45-31-33-51-49-21-9-12-24-56(49)69(58(51)37-45)46-19-5-2-6-20-46)68-65(67-63)55-39-61-62(52-23-11-14-26-60(52)71-61)54-38-47(32-34-48(54)55)70-57-25-13-10-22-50(57)53-35-43-17-7-8-18-44(43)36-59(53)70/h1-39H. The van der Waals surface area contributed by atoms with Crippen LogP contribution in [0.3, 0.4) is 0 Å². The van der Waals surface area contributed by atoms with E-state index in [1.165, 1.54) is 26.9 Å². The van der Waals surface area contributed by atoms with Crippen LogP contribution in [0.25, 0.3) is 144 Å². The molecule has 6 heteroatoms. The Hall–Kier alpha value is -9.65. The number of nitrogens with zero attached hydrogens (tertiary/aromatic N) is 5. The lowest BCUT2D eigenvalue weighted by Crippen LogP contribution is -2.01. The van der Waals surface area contributed by atoms with E-state index in [-0.39, 0.29) is 0 Å². The summed E-state index contributed by atoms with van der Waals surface area (Å²) >= 11 is 0. The summed E-state index contributed by atoms with van der Waals surface area (Å²) < 4.78 is 11.5. The van der Waals surface area contributed by atoms with Crippen molar-refractivity contribution in [1.82, 2.24) is 24.1 Å². The van der Waals surface area contributed by atoms with E-state index in [2.05, 4.69) is 228 Å². The molecule has 0 saturated carbocycles. The smallest absolute Gasteiger partial charge is 0.164 e. The highest BCUT2D eigenvalue weighted by Crippen LogP contribution is 2.43. The van der Waals surface area contributed by atoms with Crippen LogP contribution in [0.5, 0.6) is 0 Å². The Bertz CT molecular complexity index is 4620. The van der Waals surface area contributed by atoms with Crippen LogP contribution in [0.4, 0.5) is 0 Å². The zero-order chi connectivity index (χ0) is 46.6. The first-order valence-electron chi connectivity index (χ1n) is 24.0. The van der Waals surface area contributed by atoms with Crippen LogP contribution in [0.1, 0.15) is 0 Å². The predicted octanol–water partition coefficient (Wildman–Crippen LogP) is 16.9. The molecule has 15 rings (SSSR count). The zero-order valence-corrected chi connectivity index (χ0v) is 38.2. The summed E-state index contributed by atoms with van der Waals surface area (Å²) in [7, 11) is 0. The third-order valence-electron chi connectivity index (χ3n) is 14.3. The Morgan fingerprint density at radius 3 is 1.59 bits per heavy atom. The van der Waals surface area contributed by atoms with Gasteiger partial charge in [0.2, 0.25) is 0 Å². The SMILES string of the molecule is c1ccc(-c2ccc(-c3nc(-c4ccc5c6ccccc6n(-c6ccccc6)c5c4)nc(-c4cc5oc6ccccc6c5c5cc(-n6c7ccccc7c7cc8ccccc8cc76)ccc45)n3)cc2)cc1. The Morgan fingerprint density at radius 1 is 0.282 bits per heavy atom. The molecule has 71 heavy (non-hydrogen) atoms. The second-order valence-electron chi connectivity index (χ2n) is 18.4. The largest absolute Gasteiger partial charge is 0.456 e. The number of hydrogen-bond acceptors (Lipinski definition) is 4. The number of fused-ring (bicyclic) bond motifs is 12. The minimum atomic E-state index is 0.560. The molecule has 330 valence electrons. The van der Waals surface area contributed by atoms with Gasteiger partial charge < -0.3 is 13.6 Å². The van der Waals surface area contributed by atoms with Gasteiger partial charge in [0.15, 0.2) is 17.5 Å². The molecule has 15 aromatic rings. The van der Waals surface area contributed by atoms with Gasteiger partial charge in [0, 0.05) is 60.4 Å². The third-order valence-corrected chi connectivity index (χ3v) is 14.3. The van der Waals surface area contributed by atoms with Crippen LogP contribution in [0, 0.1) is 0 Å². The molecule has 6 nitrogen and oxygen atoms in total. The Morgan fingerprint density at radius 2 is 0.817 bits per heavy atom. The third kappa shape index (κ3) is 6.18. The summed E-state index contributed by atoms with van der Waals surface area (Å²) in [4.78, 5) is 16.1. The molecule has 11 aromatic carbocycles. The molecule has 0 N–H and O–H groups in total. The summed E-state index contributed by atoms with van der Waals surface area (Å²) in [5, 5.41) is 11.4. The fraction of sp³-hybridized carbons (Fsp3) is 0. The summed E-state index contributed by atoms with van der Waals surface area (Å²) in [6, 6.07) is 83.9. The first-order valence-corrected chi connectivity index (χ1v) is 24.0. The Balaban J connectivity index is 0.986. The minimum absolute atomic E-state index is 0.560. The predicted molar refractivity (Wildman–Crippen MR) is 293 cm³/mol. The number of benzene rings is 11. The Labute approximate surface area is 407 Å². The van der Waals surface area contributed by atoms with Crippen LogP contribution in [-0.4, -0.2) is 24.1 Å². The van der Waals surface area contributed by atoms with Gasteiger partial charge >= 0.3 is 0 Å². The van der Waals surface area contributed by atoms with Crippen LogP contribution < -0.4 is 0 Å². The van der Waals surface area contributed by atoms with Crippen LogP contribution in [-0.2, 0) is 0 Å². The molecule has 4 heterocycles. The van der Waals surface area contributed by atoms with Crippen LogP contribution >= 0.6 is 0 Å². The molecule has 4 aromatic heterocycles. The van der Waals surface area contributed by atoms with Gasteiger partial charge in [-0.05, 0) is 99.4 Å². The van der Waals surface area contributed by atoms with Crippen LogP contribution in [0.2, 0.25) is 0 Å². The van der Waals surface area contributed by atoms with E-state index in [9.17, 15) is 0 Å². The molecule has 0 radical (unpaired) electrons. The van der Waals surface area contributed by atoms with Crippen molar-refractivity contribution in [2.45, 2.75) is 0 Å². The maximum Gasteiger partial charge on any atom is 0.164 e. The molecule has 0 fully saturated rings. The van der Waals surface area contributed by atoms with Gasteiger partial charge in [-0.2, -0.15) is 0 Å². The fourth-order valence-electron chi connectivity index (χ4n) is 11.0. The fourth-order valence-corrected chi connectivity index (χ4v) is 11.0. The summed E-state index contributed by atoms with van der Waals surface area (Å²) in [5.41, 5.74) is 13.2. The van der Waals surface area contributed by atoms with E-state index < -0.39 is 0 Å².